The Kier molecular flexibility index (Phi) is 1.92. The number of likely N-dealkylation sites (N-methyl/N-ethyl adjacent to an activating group) is 1. The van der Waals surface area contributed by atoms with Crippen molar-refractivity contribution in [1.29, 1.82) is 0 Å². The lowest BCUT2D eigenvalue weighted by molar-refractivity contribution is 0.497. The van der Waals surface area contributed by atoms with Gasteiger partial charge in [-0.05, 0) is 26.3 Å². The van der Waals surface area contributed by atoms with Crippen molar-refractivity contribution in [3.8, 4) is 0 Å². The van der Waals surface area contributed by atoms with Crippen LogP contribution in [0.1, 0.15) is 17.0 Å². The van der Waals surface area contributed by atoms with E-state index < -0.39 is 0 Å². The predicted molar refractivity (Wildman–Crippen MR) is 47.0 cm³/mol. The van der Waals surface area contributed by atoms with Gasteiger partial charge in [0.05, 0.1) is 11.2 Å². The Hall–Kier alpha value is -0.410. The third-order valence-electron chi connectivity index (χ3n) is 2.30. The Morgan fingerprint density at radius 3 is 3.45 bits per heavy atom. The number of nitrogens with one attached hydrogen (secondary N) is 1. The molecule has 0 amide bonds. The predicted octanol–water partition coefficient (Wildman–Crippen LogP) is 1.22. The van der Waals surface area contributed by atoms with Crippen molar-refractivity contribution in [1.82, 2.24) is 10.3 Å². The molecule has 0 saturated carbocycles. The monoisotopic (exact) mass is 168 g/mol. The number of nitrogens with zero attached hydrogens (tertiary/aromatic N) is 1. The molecule has 0 aliphatic heterocycles. The summed E-state index contributed by atoms with van der Waals surface area (Å²) >= 11 is 1.79. The molecule has 1 heterocycles. The topological polar surface area (TPSA) is 24.9 Å². The quantitative estimate of drug-likeness (QED) is 0.682. The molecule has 2 nitrogen and oxygen atoms in total. The maximum Gasteiger partial charge on any atom is 0.0797 e. The zero-order valence-electron chi connectivity index (χ0n) is 6.63. The highest BCUT2D eigenvalue weighted by Gasteiger charge is 2.18. The highest BCUT2D eigenvalue weighted by Crippen LogP contribution is 2.23. The molecule has 1 aromatic rings. The molecule has 0 radical (unpaired) electrons. The zero-order valence-corrected chi connectivity index (χ0v) is 7.45. The van der Waals surface area contributed by atoms with E-state index in [1.54, 1.807) is 11.3 Å². The van der Waals surface area contributed by atoms with Crippen LogP contribution in [-0.2, 0) is 12.8 Å². The van der Waals surface area contributed by atoms with Crippen LogP contribution < -0.4 is 5.32 Å². The number of hydrogen-bond acceptors (Lipinski definition) is 3. The van der Waals surface area contributed by atoms with Crippen molar-refractivity contribution in [2.45, 2.75) is 25.3 Å². The summed E-state index contributed by atoms with van der Waals surface area (Å²) in [5, 5.41) is 3.31. The van der Waals surface area contributed by atoms with Gasteiger partial charge in [0.2, 0.25) is 0 Å². The van der Waals surface area contributed by atoms with Gasteiger partial charge < -0.3 is 5.32 Å². The largest absolute Gasteiger partial charge is 0.317 e. The average Bonchev–Trinajstić information content (AvgIpc) is 2.50. The number of thiazole rings is 1. The Morgan fingerprint density at radius 1 is 1.73 bits per heavy atom. The molecule has 3 heteroatoms. The number of aryl methyl sites for hydroxylation is 1. The lowest BCUT2D eigenvalue weighted by Gasteiger charge is -2.19. The van der Waals surface area contributed by atoms with Crippen molar-refractivity contribution in [2.75, 3.05) is 7.05 Å². The van der Waals surface area contributed by atoms with Crippen LogP contribution in [0.15, 0.2) is 5.51 Å². The molecule has 2 rings (SSSR count). The van der Waals surface area contributed by atoms with E-state index in [1.807, 2.05) is 12.6 Å². The first-order chi connectivity index (χ1) is 5.40. The van der Waals surface area contributed by atoms with Gasteiger partial charge in [-0.3, -0.25) is 0 Å². The van der Waals surface area contributed by atoms with Crippen LogP contribution in [0.4, 0.5) is 0 Å². The summed E-state index contributed by atoms with van der Waals surface area (Å²) in [6.45, 7) is 0. The minimum absolute atomic E-state index is 0.683. The molecule has 11 heavy (non-hydrogen) atoms. The number of aromatic nitrogens is 1. The molecular formula is C8H12N2S. The minimum atomic E-state index is 0.683. The molecule has 0 saturated heterocycles. The SMILES string of the molecule is CN[C@H]1CCc2ncsc2C1. The fourth-order valence-corrected chi connectivity index (χ4v) is 2.44. The fraction of sp³-hybridized carbons (Fsp3) is 0.625. The Labute approximate surface area is 70.7 Å². The summed E-state index contributed by atoms with van der Waals surface area (Å²) in [4.78, 5) is 5.80. The normalized spacial score (nSPS) is 23.2. The van der Waals surface area contributed by atoms with Crippen molar-refractivity contribution in [2.24, 2.45) is 0 Å². The average molecular weight is 168 g/mol. The second kappa shape index (κ2) is 2.91. The molecular weight excluding hydrogens is 156 g/mol. The van der Waals surface area contributed by atoms with Gasteiger partial charge in [0.25, 0.3) is 0 Å². The second-order valence-electron chi connectivity index (χ2n) is 2.95. The third kappa shape index (κ3) is 1.30. The van der Waals surface area contributed by atoms with Crippen LogP contribution in [0.25, 0.3) is 0 Å². The Balaban J connectivity index is 2.18. The van der Waals surface area contributed by atoms with Crippen LogP contribution >= 0.6 is 11.3 Å². The molecule has 0 aromatic carbocycles. The summed E-state index contributed by atoms with van der Waals surface area (Å²) in [7, 11) is 2.04. The molecule has 1 aliphatic rings. The first kappa shape index (κ1) is 7.25. The second-order valence-corrected chi connectivity index (χ2v) is 3.89. The molecule has 1 aliphatic carbocycles. The van der Waals surface area contributed by atoms with Crippen molar-refractivity contribution in [3.05, 3.63) is 16.1 Å². The van der Waals surface area contributed by atoms with E-state index in [-0.39, 0.29) is 0 Å². The first-order valence-corrected chi connectivity index (χ1v) is 4.86. The van der Waals surface area contributed by atoms with E-state index >= 15 is 0 Å². The van der Waals surface area contributed by atoms with E-state index in [9.17, 15) is 0 Å². The van der Waals surface area contributed by atoms with Gasteiger partial charge in [-0.2, -0.15) is 0 Å². The lowest BCUT2D eigenvalue weighted by Crippen LogP contribution is -2.30. The van der Waals surface area contributed by atoms with Gasteiger partial charge in [0, 0.05) is 10.9 Å². The number of hydrogen-bond donors (Lipinski definition) is 1. The van der Waals surface area contributed by atoms with E-state index in [1.165, 1.54) is 23.4 Å². The van der Waals surface area contributed by atoms with Gasteiger partial charge in [0.15, 0.2) is 0 Å². The van der Waals surface area contributed by atoms with Gasteiger partial charge in [0.1, 0.15) is 0 Å². The molecule has 1 atom stereocenters. The molecule has 60 valence electrons. The van der Waals surface area contributed by atoms with Crippen LogP contribution in [0.2, 0.25) is 0 Å². The molecule has 1 N–H and O–H groups in total. The smallest absolute Gasteiger partial charge is 0.0797 e. The fourth-order valence-electron chi connectivity index (χ4n) is 1.55. The molecule has 0 spiro atoms. The third-order valence-corrected chi connectivity index (χ3v) is 3.19. The number of rotatable bonds is 1. The van der Waals surface area contributed by atoms with Crippen LogP contribution in [0, 0.1) is 0 Å². The van der Waals surface area contributed by atoms with Gasteiger partial charge in [-0.25, -0.2) is 4.98 Å². The summed E-state index contributed by atoms with van der Waals surface area (Å²) in [5.41, 5.74) is 3.30. The maximum absolute atomic E-state index is 4.32. The van der Waals surface area contributed by atoms with E-state index in [0.717, 1.165) is 6.42 Å². The summed E-state index contributed by atoms with van der Waals surface area (Å²) < 4.78 is 0. The molecule has 0 bridgehead atoms. The number of fused-ring (bicyclic) bond motifs is 1. The molecule has 1 aromatic heterocycles. The van der Waals surface area contributed by atoms with Crippen LogP contribution in [-0.4, -0.2) is 18.1 Å². The van der Waals surface area contributed by atoms with E-state index in [2.05, 4.69) is 10.3 Å². The van der Waals surface area contributed by atoms with Crippen molar-refractivity contribution < 1.29 is 0 Å². The Bertz CT molecular complexity index is 244. The molecule has 0 unspecified atom stereocenters. The zero-order chi connectivity index (χ0) is 7.68. The summed E-state index contributed by atoms with van der Waals surface area (Å²) in [5.74, 6) is 0. The van der Waals surface area contributed by atoms with Gasteiger partial charge in [-0.15, -0.1) is 11.3 Å². The van der Waals surface area contributed by atoms with E-state index in [0.29, 0.717) is 6.04 Å². The molecule has 0 fully saturated rings. The van der Waals surface area contributed by atoms with Crippen molar-refractivity contribution >= 4 is 11.3 Å². The lowest BCUT2D eigenvalue weighted by atomic mass is 9.98. The first-order valence-electron chi connectivity index (χ1n) is 3.98. The van der Waals surface area contributed by atoms with E-state index in [4.69, 9.17) is 0 Å². The highest BCUT2D eigenvalue weighted by molar-refractivity contribution is 7.09. The van der Waals surface area contributed by atoms with Crippen LogP contribution in [0.5, 0.6) is 0 Å². The summed E-state index contributed by atoms with van der Waals surface area (Å²) in [6.07, 6.45) is 3.58. The Morgan fingerprint density at radius 2 is 2.64 bits per heavy atom. The van der Waals surface area contributed by atoms with Gasteiger partial charge >= 0.3 is 0 Å². The van der Waals surface area contributed by atoms with Crippen LogP contribution in [0.3, 0.4) is 0 Å². The minimum Gasteiger partial charge on any atom is -0.317 e. The standard InChI is InChI=1S/C8H12N2S/c1-9-6-2-3-7-8(4-6)11-5-10-7/h5-6,9H,2-4H2,1H3/t6-/m0/s1. The summed E-state index contributed by atoms with van der Waals surface area (Å²) in [6, 6.07) is 0.683. The highest BCUT2D eigenvalue weighted by atomic mass is 32.1. The van der Waals surface area contributed by atoms with Crippen molar-refractivity contribution in [3.63, 3.8) is 0 Å². The van der Waals surface area contributed by atoms with Gasteiger partial charge in [-0.1, -0.05) is 0 Å². The maximum atomic E-state index is 4.32.